The van der Waals surface area contributed by atoms with Crippen LogP contribution in [0.1, 0.15) is 63.5 Å². The maximum absolute atomic E-state index is 13.4. The lowest BCUT2D eigenvalue weighted by Gasteiger charge is -2.24. The van der Waals surface area contributed by atoms with E-state index in [4.69, 9.17) is 9.47 Å². The molecule has 1 unspecified atom stereocenters. The fraction of sp³-hybridized carbons (Fsp3) is 0.484. The predicted octanol–water partition coefficient (Wildman–Crippen LogP) is 4.69. The fourth-order valence-electron chi connectivity index (χ4n) is 4.55. The van der Waals surface area contributed by atoms with Crippen molar-refractivity contribution in [2.24, 2.45) is 16.1 Å². The smallest absolute Gasteiger partial charge is 0.330 e. The van der Waals surface area contributed by atoms with E-state index in [0.29, 0.717) is 5.70 Å². The lowest BCUT2D eigenvalue weighted by molar-refractivity contribution is -0.137. The Hall–Kier alpha value is -4.35. The van der Waals surface area contributed by atoms with Gasteiger partial charge in [0.2, 0.25) is 15.9 Å². The molecule has 1 aliphatic carbocycles. The van der Waals surface area contributed by atoms with Gasteiger partial charge in [-0.25, -0.2) is 18.0 Å². The van der Waals surface area contributed by atoms with Crippen LogP contribution in [0.2, 0.25) is 0 Å². The highest BCUT2D eigenvalue weighted by Gasteiger charge is 2.28. The molecule has 0 amide bonds. The van der Waals surface area contributed by atoms with E-state index in [1.54, 1.807) is 0 Å². The number of nitrogens with zero attached hydrogens (tertiary/aromatic N) is 5. The van der Waals surface area contributed by atoms with Gasteiger partial charge in [-0.2, -0.15) is 14.7 Å². The van der Waals surface area contributed by atoms with Gasteiger partial charge in [0.1, 0.15) is 24.8 Å². The summed E-state index contributed by atoms with van der Waals surface area (Å²) in [4.78, 5) is 36.3. The molecule has 14 heteroatoms. The molecule has 0 saturated carbocycles. The zero-order valence-corrected chi connectivity index (χ0v) is 26.8. The van der Waals surface area contributed by atoms with Crippen LogP contribution in [-0.2, 0) is 35.6 Å². The zero-order valence-electron chi connectivity index (χ0n) is 26.0. The molecule has 244 valence electrons. The minimum atomic E-state index is -4.05. The van der Waals surface area contributed by atoms with E-state index in [-0.39, 0.29) is 73.3 Å². The molecule has 0 aliphatic heterocycles. The number of esters is 2. The van der Waals surface area contributed by atoms with Crippen LogP contribution in [0.3, 0.4) is 0 Å². The van der Waals surface area contributed by atoms with Crippen LogP contribution >= 0.6 is 0 Å². The van der Waals surface area contributed by atoms with Gasteiger partial charge in [0.25, 0.3) is 5.56 Å². The van der Waals surface area contributed by atoms with Gasteiger partial charge >= 0.3 is 11.9 Å². The van der Waals surface area contributed by atoms with E-state index < -0.39 is 33.4 Å². The monoisotopic (exact) mass is 643 g/mol. The molecule has 2 rings (SSSR count). The number of ether oxygens (including phenoxy) is 2. The summed E-state index contributed by atoms with van der Waals surface area (Å²) in [6, 6.07) is 1.95. The first-order valence-electron chi connectivity index (χ1n) is 14.7. The summed E-state index contributed by atoms with van der Waals surface area (Å²) in [6.45, 7) is 11.6. The summed E-state index contributed by atoms with van der Waals surface area (Å²) in [5, 5.41) is 28.8. The van der Waals surface area contributed by atoms with Gasteiger partial charge in [0.15, 0.2) is 5.69 Å². The highest BCUT2D eigenvalue weighted by Crippen LogP contribution is 2.30. The Labute approximate surface area is 263 Å². The van der Waals surface area contributed by atoms with Gasteiger partial charge in [-0.1, -0.05) is 46.3 Å². The first-order valence-corrected chi connectivity index (χ1v) is 16.1. The number of aromatic nitrogens is 1. The van der Waals surface area contributed by atoms with Gasteiger partial charge in [0.05, 0.1) is 10.6 Å². The summed E-state index contributed by atoms with van der Waals surface area (Å²) >= 11 is 0. The van der Waals surface area contributed by atoms with Gasteiger partial charge < -0.3 is 14.6 Å². The first-order chi connectivity index (χ1) is 21.4. The number of rotatable bonds is 18. The maximum Gasteiger partial charge on any atom is 0.330 e. The molecule has 0 saturated heterocycles. The fourth-order valence-corrected chi connectivity index (χ4v) is 6.11. The third-order valence-electron chi connectivity index (χ3n) is 7.30. The largest absolute Gasteiger partial charge is 0.493 e. The van der Waals surface area contributed by atoms with E-state index in [1.807, 2.05) is 13.0 Å². The van der Waals surface area contributed by atoms with Crippen molar-refractivity contribution < 1.29 is 32.6 Å². The molecule has 0 bridgehead atoms. The Balaban J connectivity index is 2.36. The lowest BCUT2D eigenvalue weighted by Crippen LogP contribution is -2.38. The van der Waals surface area contributed by atoms with Crippen molar-refractivity contribution in [3.05, 3.63) is 69.5 Å². The Morgan fingerprint density at radius 1 is 1.13 bits per heavy atom. The topological polar surface area (TPSA) is 181 Å². The maximum atomic E-state index is 13.4. The number of hydrogen-bond acceptors (Lipinski definition) is 11. The van der Waals surface area contributed by atoms with Crippen LogP contribution < -0.4 is 5.56 Å². The van der Waals surface area contributed by atoms with Crippen molar-refractivity contribution >= 4 is 27.6 Å². The lowest BCUT2D eigenvalue weighted by atomic mass is 9.99. The van der Waals surface area contributed by atoms with E-state index in [1.165, 1.54) is 23.6 Å². The predicted molar refractivity (Wildman–Crippen MR) is 168 cm³/mol. The molecule has 0 spiro atoms. The van der Waals surface area contributed by atoms with Crippen molar-refractivity contribution in [2.75, 3.05) is 26.3 Å². The van der Waals surface area contributed by atoms with E-state index in [9.17, 15) is 33.2 Å². The number of allylic oxidation sites excluding steroid dienone is 4. The van der Waals surface area contributed by atoms with Gasteiger partial charge in [-0.15, -0.1) is 5.11 Å². The number of carbonyl (C=O) groups is 2. The molecule has 1 aromatic rings. The number of aromatic hydroxyl groups is 1. The highest BCUT2D eigenvalue weighted by molar-refractivity contribution is 7.93. The average Bonchev–Trinajstić information content (AvgIpc) is 3.03. The quantitative estimate of drug-likeness (QED) is 0.135. The number of carbonyl (C=O) groups excluding carboxylic acids is 2. The minimum Gasteiger partial charge on any atom is -0.493 e. The number of sulfonamides is 1. The molecule has 1 atom stereocenters. The van der Waals surface area contributed by atoms with Crippen molar-refractivity contribution in [2.45, 2.75) is 65.8 Å². The van der Waals surface area contributed by atoms with Crippen molar-refractivity contribution in [3.63, 3.8) is 0 Å². The second-order valence-electron chi connectivity index (χ2n) is 10.3. The SMILES string of the molecule is C=CC(=O)OCCN(CCOC(=O)C=C)S(=O)(=O)C1=CC=C(N=Nc2c(C)c(C#N)c(O)n(CC(CC)CCCC)c2=O)CC1. The van der Waals surface area contributed by atoms with E-state index >= 15 is 0 Å². The molecular formula is C31H41N5O8S. The molecule has 0 radical (unpaired) electrons. The molecular weight excluding hydrogens is 602 g/mol. The Bertz CT molecular complexity index is 1540. The van der Waals surface area contributed by atoms with Crippen LogP contribution in [0.25, 0.3) is 0 Å². The molecule has 45 heavy (non-hydrogen) atoms. The normalized spacial score (nSPS) is 13.9. The third-order valence-corrected chi connectivity index (χ3v) is 9.34. The Morgan fingerprint density at radius 2 is 1.76 bits per heavy atom. The van der Waals surface area contributed by atoms with Gasteiger partial charge in [0, 0.05) is 37.3 Å². The van der Waals surface area contributed by atoms with Gasteiger partial charge in [-0.05, 0) is 44.3 Å². The summed E-state index contributed by atoms with van der Waals surface area (Å²) < 4.78 is 38.9. The summed E-state index contributed by atoms with van der Waals surface area (Å²) in [7, 11) is -4.05. The average molecular weight is 644 g/mol. The molecule has 0 fully saturated rings. The highest BCUT2D eigenvalue weighted by atomic mass is 32.2. The number of azo groups is 1. The first kappa shape index (κ1) is 36.8. The van der Waals surface area contributed by atoms with Crippen LogP contribution in [0.4, 0.5) is 5.69 Å². The second kappa shape index (κ2) is 17.8. The molecule has 1 heterocycles. The molecule has 1 aliphatic rings. The van der Waals surface area contributed by atoms with Crippen molar-refractivity contribution in [1.29, 1.82) is 5.26 Å². The van der Waals surface area contributed by atoms with E-state index in [2.05, 4.69) is 30.3 Å². The van der Waals surface area contributed by atoms with Gasteiger partial charge in [-0.3, -0.25) is 9.36 Å². The number of pyridine rings is 1. The molecule has 13 nitrogen and oxygen atoms in total. The summed E-state index contributed by atoms with van der Waals surface area (Å²) in [5.74, 6) is -1.69. The minimum absolute atomic E-state index is 0.0548. The third kappa shape index (κ3) is 10.1. The zero-order chi connectivity index (χ0) is 33.6. The Kier molecular flexibility index (Phi) is 14.6. The summed E-state index contributed by atoms with van der Waals surface area (Å²) in [6.07, 6.45) is 8.61. The van der Waals surface area contributed by atoms with E-state index in [0.717, 1.165) is 42.1 Å². The van der Waals surface area contributed by atoms with Crippen LogP contribution in [0.5, 0.6) is 5.88 Å². The second-order valence-corrected chi connectivity index (χ2v) is 12.2. The van der Waals surface area contributed by atoms with Crippen molar-refractivity contribution in [3.8, 4) is 11.9 Å². The number of hydrogen-bond donors (Lipinski definition) is 1. The molecule has 1 N–H and O–H groups in total. The van der Waals surface area contributed by atoms with Crippen LogP contribution in [-0.4, -0.2) is 60.6 Å². The molecule has 1 aromatic heterocycles. The number of nitriles is 1. The van der Waals surface area contributed by atoms with Crippen LogP contribution in [0.15, 0.2) is 63.1 Å². The molecule has 0 aromatic carbocycles. The number of unbranched alkanes of at least 4 members (excludes halogenated alkanes) is 1. The van der Waals surface area contributed by atoms with Crippen LogP contribution in [0, 0.1) is 24.2 Å². The standard InChI is InChI=1S/C31H41N5O8S/c1-6-10-11-23(7-2)21-36-30(39)26(20-32)22(5)29(31(36)40)34-33-24-12-14-25(15-13-24)45(41,42)35(16-18-43-27(37)8-3)17-19-44-28(38)9-4/h8-9,12,14,23,39H,3-4,6-7,10-11,13,15-19,21H2,1-2,5H3. The Morgan fingerprint density at radius 3 is 2.24 bits per heavy atom. The summed E-state index contributed by atoms with van der Waals surface area (Å²) in [5.41, 5.74) is -0.110. The van der Waals surface area contributed by atoms with Crippen molar-refractivity contribution in [1.82, 2.24) is 8.87 Å².